The summed E-state index contributed by atoms with van der Waals surface area (Å²) in [5, 5.41) is 0.730. The van der Waals surface area contributed by atoms with Crippen molar-refractivity contribution in [3.63, 3.8) is 0 Å². The highest BCUT2D eigenvalue weighted by Crippen LogP contribution is 2.31. The lowest BCUT2D eigenvalue weighted by atomic mass is 10.2. The van der Waals surface area contributed by atoms with E-state index in [-0.39, 0.29) is 17.8 Å². The van der Waals surface area contributed by atoms with Gasteiger partial charge in [-0.15, -0.1) is 11.3 Å². The van der Waals surface area contributed by atoms with E-state index in [1.807, 2.05) is 0 Å². The van der Waals surface area contributed by atoms with Crippen LogP contribution < -0.4 is 4.72 Å². The number of carbonyl (C=O) groups excluding carboxylic acids is 1. The monoisotopic (exact) mass is 318 g/mol. The van der Waals surface area contributed by atoms with Gasteiger partial charge in [-0.3, -0.25) is 4.79 Å². The molecule has 0 spiro atoms. The summed E-state index contributed by atoms with van der Waals surface area (Å²) in [5.74, 6) is -0.729. The third kappa shape index (κ3) is 4.00. The standard InChI is InChI=1S/C12H18N2O4S2/c1-8(2)7-20(16,17)14-11(15)10-6-13-12(19-10)9-4-3-5-18-9/h6,8-9H,3-5,7H2,1-2H3,(H,14,15)/t9-/m1/s1. The number of amides is 1. The minimum atomic E-state index is -3.59. The SMILES string of the molecule is CC(C)CS(=O)(=O)NC(=O)c1cnc([C@H]2CCCO2)s1. The number of hydrogen-bond donors (Lipinski definition) is 1. The molecule has 1 aliphatic rings. The molecular weight excluding hydrogens is 300 g/mol. The molecule has 1 aromatic heterocycles. The van der Waals surface area contributed by atoms with Crippen molar-refractivity contribution >= 4 is 27.3 Å². The predicted octanol–water partition coefficient (Wildman–Crippen LogP) is 1.71. The van der Waals surface area contributed by atoms with Crippen LogP contribution in [-0.2, 0) is 14.8 Å². The van der Waals surface area contributed by atoms with Crippen molar-refractivity contribution in [1.82, 2.24) is 9.71 Å². The number of sulfonamides is 1. The largest absolute Gasteiger partial charge is 0.371 e. The van der Waals surface area contributed by atoms with E-state index in [0.29, 0.717) is 11.5 Å². The highest BCUT2D eigenvalue weighted by Gasteiger charge is 2.24. The molecule has 2 heterocycles. The van der Waals surface area contributed by atoms with Crippen molar-refractivity contribution in [3.8, 4) is 0 Å². The van der Waals surface area contributed by atoms with Gasteiger partial charge in [0.2, 0.25) is 10.0 Å². The summed E-state index contributed by atoms with van der Waals surface area (Å²) in [5.41, 5.74) is 0. The fourth-order valence-electron chi connectivity index (χ4n) is 1.99. The van der Waals surface area contributed by atoms with Gasteiger partial charge in [0.25, 0.3) is 5.91 Å². The molecule has 1 fully saturated rings. The van der Waals surface area contributed by atoms with Gasteiger partial charge >= 0.3 is 0 Å². The smallest absolute Gasteiger partial charge is 0.276 e. The van der Waals surface area contributed by atoms with E-state index < -0.39 is 15.9 Å². The van der Waals surface area contributed by atoms with Gasteiger partial charge in [-0.05, 0) is 18.8 Å². The molecule has 0 bridgehead atoms. The van der Waals surface area contributed by atoms with Gasteiger partial charge in [0, 0.05) is 6.61 Å². The highest BCUT2D eigenvalue weighted by molar-refractivity contribution is 7.90. The molecule has 0 unspecified atom stereocenters. The van der Waals surface area contributed by atoms with Crippen LogP contribution in [0.1, 0.15) is 47.5 Å². The van der Waals surface area contributed by atoms with Crippen LogP contribution in [0.3, 0.4) is 0 Å². The van der Waals surface area contributed by atoms with Crippen LogP contribution in [0, 0.1) is 5.92 Å². The molecule has 0 aromatic carbocycles. The van der Waals surface area contributed by atoms with E-state index in [9.17, 15) is 13.2 Å². The molecule has 1 N–H and O–H groups in total. The molecule has 0 radical (unpaired) electrons. The Bertz CT molecular complexity index is 574. The lowest BCUT2D eigenvalue weighted by Crippen LogP contribution is -2.33. The van der Waals surface area contributed by atoms with Crippen LogP contribution in [-0.4, -0.2) is 31.7 Å². The highest BCUT2D eigenvalue weighted by atomic mass is 32.2. The van der Waals surface area contributed by atoms with Crippen LogP contribution in [0.4, 0.5) is 0 Å². The first-order valence-corrected chi connectivity index (χ1v) is 8.96. The molecule has 2 rings (SSSR count). The maximum absolute atomic E-state index is 11.9. The van der Waals surface area contributed by atoms with Crippen molar-refractivity contribution in [2.75, 3.05) is 12.4 Å². The van der Waals surface area contributed by atoms with E-state index >= 15 is 0 Å². The van der Waals surface area contributed by atoms with E-state index in [4.69, 9.17) is 4.74 Å². The van der Waals surface area contributed by atoms with E-state index in [1.54, 1.807) is 13.8 Å². The summed E-state index contributed by atoms with van der Waals surface area (Å²) >= 11 is 1.19. The maximum Gasteiger partial charge on any atom is 0.276 e. The van der Waals surface area contributed by atoms with Crippen LogP contribution in [0.25, 0.3) is 0 Å². The minimum Gasteiger partial charge on any atom is -0.371 e. The number of nitrogens with zero attached hydrogens (tertiary/aromatic N) is 1. The zero-order chi connectivity index (χ0) is 14.8. The summed E-state index contributed by atoms with van der Waals surface area (Å²) in [4.78, 5) is 16.4. The normalized spacial score (nSPS) is 19.4. The average Bonchev–Trinajstić information content (AvgIpc) is 2.97. The molecule has 8 heteroatoms. The Kier molecular flexibility index (Phi) is 4.77. The molecule has 0 aliphatic carbocycles. The molecule has 1 aromatic rings. The van der Waals surface area contributed by atoms with Crippen LogP contribution in [0.5, 0.6) is 0 Å². The summed E-state index contributed by atoms with van der Waals surface area (Å²) in [7, 11) is -3.59. The first kappa shape index (κ1) is 15.4. The molecule has 1 saturated heterocycles. The minimum absolute atomic E-state index is 0.0378. The number of nitrogens with one attached hydrogen (secondary N) is 1. The molecule has 1 aliphatic heterocycles. The maximum atomic E-state index is 11.9. The summed E-state index contributed by atoms with van der Waals surface area (Å²) in [6, 6.07) is 0. The van der Waals surface area contributed by atoms with Gasteiger partial charge in [0.05, 0.1) is 11.9 Å². The summed E-state index contributed by atoms with van der Waals surface area (Å²) < 4.78 is 31.0. The molecule has 0 saturated carbocycles. The Morgan fingerprint density at radius 2 is 2.35 bits per heavy atom. The van der Waals surface area contributed by atoms with E-state index in [0.717, 1.165) is 17.8 Å². The van der Waals surface area contributed by atoms with E-state index in [2.05, 4.69) is 9.71 Å². The molecule has 6 nitrogen and oxygen atoms in total. The lowest BCUT2D eigenvalue weighted by Gasteiger charge is -2.07. The molecular formula is C12H18N2O4S2. The fourth-order valence-corrected chi connectivity index (χ4v) is 4.30. The van der Waals surface area contributed by atoms with Crippen LogP contribution in [0.2, 0.25) is 0 Å². The summed E-state index contributed by atoms with van der Waals surface area (Å²) in [6.45, 7) is 4.27. The van der Waals surface area contributed by atoms with Crippen LogP contribution >= 0.6 is 11.3 Å². The number of rotatable bonds is 5. The molecule has 112 valence electrons. The Morgan fingerprint density at radius 1 is 1.60 bits per heavy atom. The van der Waals surface area contributed by atoms with Gasteiger partial charge in [0.15, 0.2) is 0 Å². The van der Waals surface area contributed by atoms with Gasteiger partial charge in [-0.2, -0.15) is 0 Å². The van der Waals surface area contributed by atoms with Crippen molar-refractivity contribution in [1.29, 1.82) is 0 Å². The average molecular weight is 318 g/mol. The third-order valence-corrected chi connectivity index (χ3v) is 5.44. The van der Waals surface area contributed by atoms with Gasteiger partial charge < -0.3 is 4.74 Å². The van der Waals surface area contributed by atoms with Crippen molar-refractivity contribution in [2.45, 2.75) is 32.8 Å². The number of thiazole rings is 1. The Balaban J connectivity index is 2.02. The first-order valence-electron chi connectivity index (χ1n) is 6.49. The van der Waals surface area contributed by atoms with Crippen molar-refractivity contribution in [2.24, 2.45) is 5.92 Å². The molecule has 20 heavy (non-hydrogen) atoms. The summed E-state index contributed by atoms with van der Waals surface area (Å²) in [6.07, 6.45) is 3.21. The van der Waals surface area contributed by atoms with Crippen molar-refractivity contribution < 1.29 is 17.9 Å². The second kappa shape index (κ2) is 6.19. The third-order valence-electron chi connectivity index (χ3n) is 2.75. The number of hydrogen-bond acceptors (Lipinski definition) is 6. The second-order valence-electron chi connectivity index (χ2n) is 5.17. The second-order valence-corrected chi connectivity index (χ2v) is 8.00. The zero-order valence-electron chi connectivity index (χ0n) is 11.5. The lowest BCUT2D eigenvalue weighted by molar-refractivity contribution is 0.0985. The Hall–Kier alpha value is -0.990. The quantitative estimate of drug-likeness (QED) is 0.893. The first-order chi connectivity index (χ1) is 9.37. The Labute approximate surface area is 122 Å². The predicted molar refractivity (Wildman–Crippen MR) is 76.1 cm³/mol. The van der Waals surface area contributed by atoms with Gasteiger partial charge in [-0.1, -0.05) is 13.8 Å². The van der Waals surface area contributed by atoms with Crippen LogP contribution in [0.15, 0.2) is 6.20 Å². The fraction of sp³-hybridized carbons (Fsp3) is 0.667. The zero-order valence-corrected chi connectivity index (χ0v) is 13.1. The topological polar surface area (TPSA) is 85.4 Å². The number of aromatic nitrogens is 1. The molecule has 1 atom stereocenters. The van der Waals surface area contributed by atoms with Crippen molar-refractivity contribution in [3.05, 3.63) is 16.1 Å². The molecule has 1 amide bonds. The van der Waals surface area contributed by atoms with Gasteiger partial charge in [0.1, 0.15) is 16.0 Å². The Morgan fingerprint density at radius 3 is 2.95 bits per heavy atom. The van der Waals surface area contributed by atoms with E-state index in [1.165, 1.54) is 17.5 Å². The number of carbonyl (C=O) groups is 1. The van der Waals surface area contributed by atoms with Gasteiger partial charge in [-0.25, -0.2) is 18.1 Å². The number of ether oxygens (including phenoxy) is 1.